The molecule has 0 spiro atoms. The zero-order valence-corrected chi connectivity index (χ0v) is 7.50. The highest BCUT2D eigenvalue weighted by atomic mass is 16.3. The normalized spacial score (nSPS) is 30.5. The van der Waals surface area contributed by atoms with E-state index in [9.17, 15) is 10.2 Å². The molecule has 0 unspecified atom stereocenters. The first-order valence-electron chi connectivity index (χ1n) is 5.07. The van der Waals surface area contributed by atoms with Gasteiger partial charge in [-0.2, -0.15) is 0 Å². The number of aliphatic hydroxyl groups is 2. The molecule has 70 valence electrons. The second-order valence-corrected chi connectivity index (χ2v) is 4.51. The smallest absolute Gasteiger partial charge is 0.0646 e. The van der Waals surface area contributed by atoms with Crippen molar-refractivity contribution >= 4 is 0 Å². The van der Waals surface area contributed by atoms with Crippen LogP contribution >= 0.6 is 0 Å². The molecule has 2 aliphatic carbocycles. The van der Waals surface area contributed by atoms with E-state index in [0.717, 1.165) is 12.8 Å². The first-order chi connectivity index (χ1) is 5.78. The Kier molecular flexibility index (Phi) is 2.13. The summed E-state index contributed by atoms with van der Waals surface area (Å²) in [7, 11) is 0. The van der Waals surface area contributed by atoms with Crippen LogP contribution in [0.1, 0.15) is 38.5 Å². The van der Waals surface area contributed by atoms with Gasteiger partial charge in [0.1, 0.15) is 0 Å². The third kappa shape index (κ3) is 1.27. The predicted molar refractivity (Wildman–Crippen MR) is 46.7 cm³/mol. The van der Waals surface area contributed by atoms with Crippen LogP contribution in [0.3, 0.4) is 0 Å². The zero-order valence-electron chi connectivity index (χ0n) is 7.50. The van der Waals surface area contributed by atoms with Crippen molar-refractivity contribution in [3.63, 3.8) is 0 Å². The Hall–Kier alpha value is -0.0800. The van der Waals surface area contributed by atoms with E-state index < -0.39 is 0 Å². The maximum Gasteiger partial charge on any atom is 0.0646 e. The van der Waals surface area contributed by atoms with Crippen molar-refractivity contribution in [1.82, 2.24) is 0 Å². The molecule has 1 atom stereocenters. The van der Waals surface area contributed by atoms with Gasteiger partial charge in [-0.25, -0.2) is 0 Å². The Morgan fingerprint density at radius 2 is 1.83 bits per heavy atom. The van der Waals surface area contributed by atoms with Crippen molar-refractivity contribution in [2.45, 2.75) is 44.6 Å². The summed E-state index contributed by atoms with van der Waals surface area (Å²) in [5.74, 6) is 0.509. The van der Waals surface area contributed by atoms with Crippen LogP contribution in [-0.2, 0) is 0 Å². The van der Waals surface area contributed by atoms with Gasteiger partial charge in [0.15, 0.2) is 0 Å². The van der Waals surface area contributed by atoms with E-state index in [1.165, 1.54) is 25.7 Å². The summed E-state index contributed by atoms with van der Waals surface area (Å²) in [6.45, 7) is 0.185. The first kappa shape index (κ1) is 8.52. The van der Waals surface area contributed by atoms with Crippen molar-refractivity contribution in [3.05, 3.63) is 0 Å². The van der Waals surface area contributed by atoms with Gasteiger partial charge in [-0.3, -0.25) is 0 Å². The van der Waals surface area contributed by atoms with E-state index in [0.29, 0.717) is 5.92 Å². The Bertz CT molecular complexity index is 157. The van der Waals surface area contributed by atoms with Crippen LogP contribution in [-0.4, -0.2) is 22.9 Å². The van der Waals surface area contributed by atoms with Crippen molar-refractivity contribution in [3.8, 4) is 0 Å². The molecule has 2 rings (SSSR count). The summed E-state index contributed by atoms with van der Waals surface area (Å²) in [5, 5.41) is 19.3. The molecular formula is C10H18O2. The van der Waals surface area contributed by atoms with E-state index in [4.69, 9.17) is 0 Å². The van der Waals surface area contributed by atoms with Gasteiger partial charge in [-0.05, 0) is 31.6 Å². The molecule has 2 nitrogen and oxygen atoms in total. The highest BCUT2D eigenvalue weighted by Gasteiger charge is 2.46. The molecule has 12 heavy (non-hydrogen) atoms. The van der Waals surface area contributed by atoms with Crippen molar-refractivity contribution in [2.24, 2.45) is 11.3 Å². The molecule has 0 aromatic rings. The van der Waals surface area contributed by atoms with Gasteiger partial charge < -0.3 is 10.2 Å². The largest absolute Gasteiger partial charge is 0.396 e. The van der Waals surface area contributed by atoms with E-state index >= 15 is 0 Å². The Morgan fingerprint density at radius 3 is 2.25 bits per heavy atom. The highest BCUT2D eigenvalue weighted by Crippen LogP contribution is 2.48. The average Bonchev–Trinajstić information content (AvgIpc) is 2.83. The topological polar surface area (TPSA) is 40.5 Å². The fraction of sp³-hybridized carbons (Fsp3) is 1.00. The van der Waals surface area contributed by atoms with Crippen LogP contribution in [0.25, 0.3) is 0 Å². The van der Waals surface area contributed by atoms with Crippen molar-refractivity contribution in [2.75, 3.05) is 6.61 Å². The minimum atomic E-state index is -0.218. The fourth-order valence-corrected chi connectivity index (χ4v) is 2.54. The molecule has 2 N–H and O–H groups in total. The maximum atomic E-state index is 9.98. The summed E-state index contributed by atoms with van der Waals surface area (Å²) in [5.41, 5.74) is -0.110. The van der Waals surface area contributed by atoms with Crippen LogP contribution in [0, 0.1) is 11.3 Å². The molecule has 0 aromatic carbocycles. The molecule has 0 heterocycles. The molecule has 0 radical (unpaired) electrons. The lowest BCUT2D eigenvalue weighted by molar-refractivity contribution is -0.0263. The van der Waals surface area contributed by atoms with E-state index in [-0.39, 0.29) is 18.1 Å². The van der Waals surface area contributed by atoms with Crippen LogP contribution in [0.5, 0.6) is 0 Å². The zero-order chi connectivity index (χ0) is 8.60. The van der Waals surface area contributed by atoms with Gasteiger partial charge in [0.05, 0.1) is 12.7 Å². The summed E-state index contributed by atoms with van der Waals surface area (Å²) in [4.78, 5) is 0. The minimum absolute atomic E-state index is 0.110. The van der Waals surface area contributed by atoms with Crippen molar-refractivity contribution < 1.29 is 10.2 Å². The molecule has 0 aliphatic heterocycles. The van der Waals surface area contributed by atoms with Crippen LogP contribution in [0.15, 0.2) is 0 Å². The third-order valence-corrected chi connectivity index (χ3v) is 3.61. The predicted octanol–water partition coefficient (Wildman–Crippen LogP) is 1.31. The maximum absolute atomic E-state index is 9.98. The van der Waals surface area contributed by atoms with Gasteiger partial charge in [-0.1, -0.05) is 12.8 Å². The number of hydrogen-bond donors (Lipinski definition) is 2. The molecule has 0 aromatic heterocycles. The van der Waals surface area contributed by atoms with E-state index in [2.05, 4.69) is 0 Å². The third-order valence-electron chi connectivity index (χ3n) is 3.61. The second kappa shape index (κ2) is 3.00. The molecule has 0 saturated heterocycles. The van der Waals surface area contributed by atoms with Gasteiger partial charge >= 0.3 is 0 Å². The van der Waals surface area contributed by atoms with Crippen LogP contribution in [0.4, 0.5) is 0 Å². The molecular weight excluding hydrogens is 152 g/mol. The number of hydrogen-bond acceptors (Lipinski definition) is 2. The number of rotatable bonds is 3. The monoisotopic (exact) mass is 170 g/mol. The summed E-state index contributed by atoms with van der Waals surface area (Å²) in [6, 6.07) is 0. The van der Waals surface area contributed by atoms with Gasteiger partial charge in [-0.15, -0.1) is 0 Å². The molecule has 0 bridgehead atoms. The molecule has 0 amide bonds. The van der Waals surface area contributed by atoms with Crippen LogP contribution in [0.2, 0.25) is 0 Å². The summed E-state index contributed by atoms with van der Waals surface area (Å²) >= 11 is 0. The Labute approximate surface area is 73.6 Å². The molecule has 2 saturated carbocycles. The van der Waals surface area contributed by atoms with Gasteiger partial charge in [0.2, 0.25) is 0 Å². The molecule has 2 aliphatic rings. The lowest BCUT2D eigenvalue weighted by Gasteiger charge is -2.32. The lowest BCUT2D eigenvalue weighted by atomic mass is 9.79. The lowest BCUT2D eigenvalue weighted by Crippen LogP contribution is -2.37. The number of aliphatic hydroxyl groups excluding tert-OH is 2. The average molecular weight is 170 g/mol. The summed E-state index contributed by atoms with van der Waals surface area (Å²) < 4.78 is 0. The van der Waals surface area contributed by atoms with Crippen molar-refractivity contribution in [1.29, 1.82) is 0 Å². The SMILES string of the molecule is OCC1([C@@H](O)C2CC2)CCCC1. The summed E-state index contributed by atoms with van der Waals surface area (Å²) in [6.07, 6.45) is 6.55. The van der Waals surface area contributed by atoms with E-state index in [1.807, 2.05) is 0 Å². The standard InChI is InChI=1S/C10H18O2/c11-7-10(5-1-2-6-10)9(12)8-3-4-8/h8-9,11-12H,1-7H2/t9-/m0/s1. The van der Waals surface area contributed by atoms with Gasteiger partial charge in [0.25, 0.3) is 0 Å². The quantitative estimate of drug-likeness (QED) is 0.670. The Balaban J connectivity index is 2.03. The van der Waals surface area contributed by atoms with Gasteiger partial charge in [0, 0.05) is 5.41 Å². The second-order valence-electron chi connectivity index (χ2n) is 4.51. The Morgan fingerprint density at radius 1 is 1.25 bits per heavy atom. The van der Waals surface area contributed by atoms with Crippen LogP contribution < -0.4 is 0 Å². The first-order valence-corrected chi connectivity index (χ1v) is 5.07. The highest BCUT2D eigenvalue weighted by molar-refractivity contribution is 4.97. The van der Waals surface area contributed by atoms with E-state index in [1.54, 1.807) is 0 Å². The fourth-order valence-electron chi connectivity index (χ4n) is 2.54. The molecule has 2 heteroatoms. The molecule has 2 fully saturated rings. The minimum Gasteiger partial charge on any atom is -0.396 e.